The Morgan fingerprint density at radius 2 is 1.61 bits per heavy atom. The van der Waals surface area contributed by atoms with E-state index in [4.69, 9.17) is 0 Å². The van der Waals surface area contributed by atoms with Crippen molar-refractivity contribution in [2.24, 2.45) is 5.92 Å². The molecular weight excluding hydrogens is 245 g/mol. The van der Waals surface area contributed by atoms with E-state index in [2.05, 4.69) is 0 Å². The first-order valence-corrected chi connectivity index (χ1v) is 5.48. The lowest BCUT2D eigenvalue weighted by Gasteiger charge is -2.08. The fourth-order valence-corrected chi connectivity index (χ4v) is 1.49. The molecule has 0 heterocycles. The third-order valence-electron chi connectivity index (χ3n) is 2.27. The van der Waals surface area contributed by atoms with Gasteiger partial charge in [0.1, 0.15) is 11.6 Å². The number of carbonyl (C=O) groups is 2. The topological polar surface area (TPSA) is 34.1 Å². The van der Waals surface area contributed by atoms with Crippen LogP contribution in [0, 0.1) is 17.6 Å². The molecule has 0 radical (unpaired) electrons. The Morgan fingerprint density at radius 1 is 1.11 bits per heavy atom. The summed E-state index contributed by atoms with van der Waals surface area (Å²) in [5, 5.41) is 0. The molecule has 0 N–H and O–H groups in total. The first-order valence-electron chi connectivity index (χ1n) is 5.48. The predicted molar refractivity (Wildman–Crippen MR) is 60.0 cm³/mol. The van der Waals surface area contributed by atoms with Gasteiger partial charge in [0.15, 0.2) is 5.78 Å². The van der Waals surface area contributed by atoms with E-state index in [1.807, 2.05) is 0 Å². The molecule has 0 saturated carbocycles. The number of alkyl halides is 1. The lowest BCUT2D eigenvalue weighted by atomic mass is 9.98. The average Bonchev–Trinajstić information content (AvgIpc) is 2.24. The Labute approximate surface area is 103 Å². The van der Waals surface area contributed by atoms with Gasteiger partial charge in [-0.2, -0.15) is 0 Å². The number of Topliss-reactive ketones (excluding diaryl/α,β-unsaturated/α-hetero) is 2. The first kappa shape index (κ1) is 14.4. The average molecular weight is 258 g/mol. The number of ketones is 2. The predicted octanol–water partition coefficient (Wildman–Crippen LogP) is 3.10. The molecule has 0 aliphatic heterocycles. The molecule has 0 saturated heterocycles. The van der Waals surface area contributed by atoms with Gasteiger partial charge in [-0.05, 0) is 18.1 Å². The number of hydrogen-bond donors (Lipinski definition) is 0. The number of hydrogen-bond acceptors (Lipinski definition) is 2. The zero-order valence-electron chi connectivity index (χ0n) is 10.0. The van der Waals surface area contributed by atoms with Gasteiger partial charge in [-0.25, -0.2) is 13.2 Å². The standard InChI is InChI=1S/C13H13F3O2/c1-7(2)3-11(17)12(16)13(18)8-4-9(14)6-10(15)5-8/h4-7,12H,3H2,1-2H3. The number of rotatable bonds is 5. The van der Waals surface area contributed by atoms with E-state index < -0.39 is 34.9 Å². The maximum Gasteiger partial charge on any atom is 0.220 e. The van der Waals surface area contributed by atoms with Gasteiger partial charge < -0.3 is 0 Å². The molecule has 98 valence electrons. The molecule has 0 aliphatic carbocycles. The van der Waals surface area contributed by atoms with Crippen LogP contribution >= 0.6 is 0 Å². The van der Waals surface area contributed by atoms with Crippen LogP contribution in [-0.4, -0.2) is 17.7 Å². The highest BCUT2D eigenvalue weighted by Crippen LogP contribution is 2.14. The number of halogens is 3. The van der Waals surface area contributed by atoms with Crippen LogP contribution in [-0.2, 0) is 4.79 Å². The molecular formula is C13H13F3O2. The zero-order chi connectivity index (χ0) is 13.9. The number of carbonyl (C=O) groups excluding carboxylic acids is 2. The second kappa shape index (κ2) is 5.80. The van der Waals surface area contributed by atoms with Crippen molar-refractivity contribution in [3.8, 4) is 0 Å². The fourth-order valence-electron chi connectivity index (χ4n) is 1.49. The minimum absolute atomic E-state index is 0.0900. The van der Waals surface area contributed by atoms with Gasteiger partial charge in [0.25, 0.3) is 0 Å². The molecule has 1 atom stereocenters. The highest BCUT2D eigenvalue weighted by molar-refractivity contribution is 6.13. The van der Waals surface area contributed by atoms with Crippen LogP contribution in [0.5, 0.6) is 0 Å². The summed E-state index contributed by atoms with van der Waals surface area (Å²) in [6, 6.07) is 1.99. The summed E-state index contributed by atoms with van der Waals surface area (Å²) in [6.45, 7) is 3.41. The second-order valence-electron chi connectivity index (χ2n) is 4.45. The van der Waals surface area contributed by atoms with Gasteiger partial charge in [0.2, 0.25) is 12.0 Å². The summed E-state index contributed by atoms with van der Waals surface area (Å²) in [4.78, 5) is 22.9. The molecule has 1 rings (SSSR count). The molecule has 0 aromatic heterocycles. The van der Waals surface area contributed by atoms with E-state index in [0.717, 1.165) is 0 Å². The van der Waals surface area contributed by atoms with Crippen LogP contribution in [0.25, 0.3) is 0 Å². The molecule has 0 spiro atoms. The summed E-state index contributed by atoms with van der Waals surface area (Å²) < 4.78 is 39.3. The summed E-state index contributed by atoms with van der Waals surface area (Å²) in [6.07, 6.45) is -2.46. The Kier molecular flexibility index (Phi) is 4.64. The highest BCUT2D eigenvalue weighted by Gasteiger charge is 2.27. The summed E-state index contributed by atoms with van der Waals surface area (Å²) in [5.41, 5.74) is -0.475. The van der Waals surface area contributed by atoms with Crippen molar-refractivity contribution < 1.29 is 22.8 Å². The third-order valence-corrected chi connectivity index (χ3v) is 2.27. The van der Waals surface area contributed by atoms with Crippen LogP contribution in [0.4, 0.5) is 13.2 Å². The van der Waals surface area contributed by atoms with Crippen LogP contribution in [0.3, 0.4) is 0 Å². The largest absolute Gasteiger partial charge is 0.296 e. The molecule has 0 fully saturated rings. The smallest absolute Gasteiger partial charge is 0.220 e. The first-order chi connectivity index (χ1) is 8.31. The Balaban J connectivity index is 2.89. The van der Waals surface area contributed by atoms with E-state index >= 15 is 0 Å². The minimum Gasteiger partial charge on any atom is -0.296 e. The monoisotopic (exact) mass is 258 g/mol. The Morgan fingerprint density at radius 3 is 2.06 bits per heavy atom. The Hall–Kier alpha value is -1.65. The molecule has 0 aliphatic rings. The Bertz CT molecular complexity index is 449. The van der Waals surface area contributed by atoms with Crippen molar-refractivity contribution in [3.05, 3.63) is 35.4 Å². The van der Waals surface area contributed by atoms with E-state index in [1.54, 1.807) is 13.8 Å². The molecule has 18 heavy (non-hydrogen) atoms. The molecule has 2 nitrogen and oxygen atoms in total. The van der Waals surface area contributed by atoms with Gasteiger partial charge >= 0.3 is 0 Å². The van der Waals surface area contributed by atoms with Crippen LogP contribution in [0.15, 0.2) is 18.2 Å². The van der Waals surface area contributed by atoms with E-state index in [9.17, 15) is 22.8 Å². The number of benzene rings is 1. The van der Waals surface area contributed by atoms with E-state index in [1.165, 1.54) is 0 Å². The van der Waals surface area contributed by atoms with Crippen molar-refractivity contribution >= 4 is 11.6 Å². The maximum absolute atomic E-state index is 13.6. The molecule has 1 unspecified atom stereocenters. The quantitative estimate of drug-likeness (QED) is 0.600. The van der Waals surface area contributed by atoms with Gasteiger partial charge in [0.05, 0.1) is 0 Å². The van der Waals surface area contributed by atoms with Crippen LogP contribution in [0.2, 0.25) is 0 Å². The van der Waals surface area contributed by atoms with Crippen molar-refractivity contribution in [2.45, 2.75) is 26.4 Å². The van der Waals surface area contributed by atoms with Crippen molar-refractivity contribution in [1.29, 1.82) is 0 Å². The normalized spacial score (nSPS) is 12.6. The lowest BCUT2D eigenvalue weighted by molar-refractivity contribution is -0.122. The zero-order valence-corrected chi connectivity index (χ0v) is 10.0. The van der Waals surface area contributed by atoms with Crippen molar-refractivity contribution in [3.63, 3.8) is 0 Å². The SMILES string of the molecule is CC(C)CC(=O)C(F)C(=O)c1cc(F)cc(F)c1. The van der Waals surface area contributed by atoms with E-state index in [0.29, 0.717) is 18.2 Å². The summed E-state index contributed by atoms with van der Waals surface area (Å²) >= 11 is 0. The van der Waals surface area contributed by atoms with Gasteiger partial charge in [-0.3, -0.25) is 9.59 Å². The molecule has 1 aromatic carbocycles. The molecule has 5 heteroatoms. The van der Waals surface area contributed by atoms with Crippen LogP contribution in [0.1, 0.15) is 30.6 Å². The van der Waals surface area contributed by atoms with Gasteiger partial charge in [0, 0.05) is 18.1 Å². The summed E-state index contributed by atoms with van der Waals surface area (Å²) in [7, 11) is 0. The maximum atomic E-state index is 13.6. The van der Waals surface area contributed by atoms with Crippen molar-refractivity contribution in [1.82, 2.24) is 0 Å². The highest BCUT2D eigenvalue weighted by atomic mass is 19.1. The second-order valence-corrected chi connectivity index (χ2v) is 4.45. The molecule has 0 bridgehead atoms. The van der Waals surface area contributed by atoms with Crippen molar-refractivity contribution in [2.75, 3.05) is 0 Å². The van der Waals surface area contributed by atoms with Gasteiger partial charge in [-0.1, -0.05) is 13.8 Å². The van der Waals surface area contributed by atoms with E-state index in [-0.39, 0.29) is 12.3 Å². The third kappa shape index (κ3) is 3.68. The molecule has 0 amide bonds. The lowest BCUT2D eigenvalue weighted by Crippen LogP contribution is -2.27. The fraction of sp³-hybridized carbons (Fsp3) is 0.385. The van der Waals surface area contributed by atoms with Crippen LogP contribution < -0.4 is 0 Å². The van der Waals surface area contributed by atoms with Gasteiger partial charge in [-0.15, -0.1) is 0 Å². The molecule has 1 aromatic rings. The summed E-state index contributed by atoms with van der Waals surface area (Å²) in [5.74, 6) is -4.14. The minimum atomic E-state index is -2.37.